The van der Waals surface area contributed by atoms with Gasteiger partial charge in [0.05, 0.1) is 0 Å². The molecule has 1 heterocycles. The van der Waals surface area contributed by atoms with Gasteiger partial charge in [0.2, 0.25) is 0 Å². The van der Waals surface area contributed by atoms with Crippen molar-refractivity contribution in [3.05, 3.63) is 23.1 Å². The minimum atomic E-state index is -0.979. The smallest absolute Gasteiger partial charge is 0.317 e. The lowest BCUT2D eigenvalue weighted by atomic mass is 9.85. The lowest BCUT2D eigenvalue weighted by molar-refractivity contribution is -0.144. The molecule has 0 aliphatic rings. The summed E-state index contributed by atoms with van der Waals surface area (Å²) in [6.07, 6.45) is 0.464. The van der Waals surface area contributed by atoms with Crippen molar-refractivity contribution in [3.8, 4) is 0 Å². The van der Waals surface area contributed by atoms with E-state index in [-0.39, 0.29) is 5.22 Å². The van der Waals surface area contributed by atoms with Crippen molar-refractivity contribution in [1.82, 2.24) is 0 Å². The molecule has 0 fully saturated rings. The topological polar surface area (TPSA) is 50.4 Å². The first kappa shape index (κ1) is 10.1. The number of carbonyl (C=O) groups is 1. The summed E-state index contributed by atoms with van der Waals surface area (Å²) in [4.78, 5) is 11.0. The number of furan rings is 1. The highest BCUT2D eigenvalue weighted by Crippen LogP contribution is 2.30. The summed E-state index contributed by atoms with van der Waals surface area (Å²) in [6, 6.07) is 3.15. The molecular formula is C9H11ClO3. The van der Waals surface area contributed by atoms with E-state index in [2.05, 4.69) is 0 Å². The Labute approximate surface area is 81.3 Å². The van der Waals surface area contributed by atoms with Gasteiger partial charge in [0.25, 0.3) is 0 Å². The van der Waals surface area contributed by atoms with Crippen LogP contribution in [0.4, 0.5) is 0 Å². The fourth-order valence-electron chi connectivity index (χ4n) is 1.04. The van der Waals surface area contributed by atoms with Gasteiger partial charge in [-0.05, 0) is 37.1 Å². The van der Waals surface area contributed by atoms with E-state index in [0.29, 0.717) is 12.2 Å². The zero-order chi connectivity index (χ0) is 10.1. The quantitative estimate of drug-likeness (QED) is 0.820. The van der Waals surface area contributed by atoms with E-state index >= 15 is 0 Å². The van der Waals surface area contributed by atoms with E-state index < -0.39 is 11.4 Å². The Morgan fingerprint density at radius 1 is 1.69 bits per heavy atom. The van der Waals surface area contributed by atoms with Crippen LogP contribution in [-0.2, 0) is 10.2 Å². The Balaban J connectivity index is 3.09. The summed E-state index contributed by atoms with van der Waals surface area (Å²) in [5.41, 5.74) is -0.979. The third-order valence-electron chi connectivity index (χ3n) is 2.30. The Morgan fingerprint density at radius 2 is 2.31 bits per heavy atom. The molecule has 1 atom stereocenters. The van der Waals surface area contributed by atoms with E-state index in [1.165, 1.54) is 0 Å². The van der Waals surface area contributed by atoms with Gasteiger partial charge in [-0.3, -0.25) is 4.79 Å². The van der Waals surface area contributed by atoms with Crippen molar-refractivity contribution in [1.29, 1.82) is 0 Å². The molecule has 0 aliphatic heterocycles. The minimum absolute atomic E-state index is 0.218. The van der Waals surface area contributed by atoms with Gasteiger partial charge in [0.1, 0.15) is 11.2 Å². The third-order valence-corrected chi connectivity index (χ3v) is 2.50. The van der Waals surface area contributed by atoms with Crippen LogP contribution in [0.15, 0.2) is 16.5 Å². The van der Waals surface area contributed by atoms with Crippen molar-refractivity contribution >= 4 is 17.6 Å². The normalized spacial score (nSPS) is 15.3. The Kier molecular flexibility index (Phi) is 2.66. The predicted molar refractivity (Wildman–Crippen MR) is 49.0 cm³/mol. The average molecular weight is 203 g/mol. The van der Waals surface area contributed by atoms with Crippen molar-refractivity contribution in [2.75, 3.05) is 0 Å². The summed E-state index contributed by atoms with van der Waals surface area (Å²) in [5, 5.41) is 9.21. The SMILES string of the molecule is CCC(C)(C(=O)O)c1ccc(Cl)o1. The van der Waals surface area contributed by atoms with Gasteiger partial charge in [-0.15, -0.1) is 0 Å². The molecule has 0 amide bonds. The number of carboxylic acid groups (broad SMARTS) is 1. The van der Waals surface area contributed by atoms with Gasteiger partial charge < -0.3 is 9.52 Å². The lowest BCUT2D eigenvalue weighted by Gasteiger charge is -2.19. The molecular weight excluding hydrogens is 192 g/mol. The fourth-order valence-corrected chi connectivity index (χ4v) is 1.19. The number of hydrogen-bond donors (Lipinski definition) is 1. The number of aliphatic carboxylic acids is 1. The van der Waals surface area contributed by atoms with Crippen LogP contribution in [0.5, 0.6) is 0 Å². The molecule has 4 heteroatoms. The molecule has 1 unspecified atom stereocenters. The monoisotopic (exact) mass is 202 g/mol. The molecule has 0 aromatic carbocycles. The predicted octanol–water partition coefficient (Wildman–Crippen LogP) is 2.69. The molecule has 0 aliphatic carbocycles. The van der Waals surface area contributed by atoms with Crippen LogP contribution in [0.2, 0.25) is 5.22 Å². The maximum atomic E-state index is 11.0. The number of halogens is 1. The first-order valence-electron chi connectivity index (χ1n) is 4.00. The molecule has 72 valence electrons. The van der Waals surface area contributed by atoms with Gasteiger partial charge >= 0.3 is 5.97 Å². The Bertz CT molecular complexity index is 318. The van der Waals surface area contributed by atoms with E-state index in [9.17, 15) is 4.79 Å². The van der Waals surface area contributed by atoms with Gasteiger partial charge in [-0.2, -0.15) is 0 Å². The van der Waals surface area contributed by atoms with Crippen molar-refractivity contribution < 1.29 is 14.3 Å². The Hall–Kier alpha value is -0.960. The molecule has 0 radical (unpaired) electrons. The van der Waals surface area contributed by atoms with Crippen molar-refractivity contribution in [2.45, 2.75) is 25.7 Å². The lowest BCUT2D eigenvalue weighted by Crippen LogP contribution is -2.30. The van der Waals surface area contributed by atoms with Gasteiger partial charge in [0.15, 0.2) is 5.22 Å². The summed E-state index contributed by atoms with van der Waals surface area (Å²) in [7, 11) is 0. The molecule has 1 N–H and O–H groups in total. The highest BCUT2D eigenvalue weighted by Gasteiger charge is 2.36. The first-order chi connectivity index (χ1) is 6.00. The van der Waals surface area contributed by atoms with Crippen LogP contribution in [0, 0.1) is 0 Å². The summed E-state index contributed by atoms with van der Waals surface area (Å²) >= 11 is 5.57. The minimum Gasteiger partial charge on any atom is -0.480 e. The molecule has 1 rings (SSSR count). The average Bonchev–Trinajstić information content (AvgIpc) is 2.50. The molecule has 1 aromatic rings. The van der Waals surface area contributed by atoms with Crippen LogP contribution >= 0.6 is 11.6 Å². The summed E-state index contributed by atoms with van der Waals surface area (Å²) in [5.74, 6) is -0.506. The van der Waals surface area contributed by atoms with E-state index in [1.807, 2.05) is 0 Å². The molecule has 0 saturated carbocycles. The van der Waals surface area contributed by atoms with Crippen LogP contribution in [0.3, 0.4) is 0 Å². The molecule has 1 aromatic heterocycles. The van der Waals surface area contributed by atoms with E-state index in [4.69, 9.17) is 21.1 Å². The second-order valence-corrected chi connectivity index (χ2v) is 3.47. The zero-order valence-electron chi connectivity index (χ0n) is 7.50. The highest BCUT2D eigenvalue weighted by molar-refractivity contribution is 6.28. The third kappa shape index (κ3) is 1.70. The maximum Gasteiger partial charge on any atom is 0.317 e. The van der Waals surface area contributed by atoms with Gasteiger partial charge in [-0.1, -0.05) is 6.92 Å². The van der Waals surface area contributed by atoms with Crippen LogP contribution in [0.1, 0.15) is 26.0 Å². The number of hydrogen-bond acceptors (Lipinski definition) is 2. The van der Waals surface area contributed by atoms with Crippen LogP contribution < -0.4 is 0 Å². The molecule has 0 saturated heterocycles. The molecule has 13 heavy (non-hydrogen) atoms. The Morgan fingerprint density at radius 3 is 2.62 bits per heavy atom. The highest BCUT2D eigenvalue weighted by atomic mass is 35.5. The molecule has 0 bridgehead atoms. The van der Waals surface area contributed by atoms with Crippen LogP contribution in [0.25, 0.3) is 0 Å². The van der Waals surface area contributed by atoms with E-state index in [0.717, 1.165) is 0 Å². The van der Waals surface area contributed by atoms with Crippen LogP contribution in [-0.4, -0.2) is 11.1 Å². The number of carboxylic acids is 1. The van der Waals surface area contributed by atoms with Gasteiger partial charge in [-0.25, -0.2) is 0 Å². The zero-order valence-corrected chi connectivity index (χ0v) is 8.26. The first-order valence-corrected chi connectivity index (χ1v) is 4.37. The van der Waals surface area contributed by atoms with E-state index in [1.54, 1.807) is 26.0 Å². The fraction of sp³-hybridized carbons (Fsp3) is 0.444. The van der Waals surface area contributed by atoms with Crippen molar-refractivity contribution in [2.24, 2.45) is 0 Å². The van der Waals surface area contributed by atoms with Crippen molar-refractivity contribution in [3.63, 3.8) is 0 Å². The molecule has 3 nitrogen and oxygen atoms in total. The second-order valence-electron chi connectivity index (χ2n) is 3.09. The summed E-state index contributed by atoms with van der Waals surface area (Å²) < 4.78 is 5.09. The molecule has 0 spiro atoms. The summed E-state index contributed by atoms with van der Waals surface area (Å²) in [6.45, 7) is 3.41. The maximum absolute atomic E-state index is 11.0. The standard InChI is InChI=1S/C9H11ClO3/c1-3-9(2,8(11)12)6-4-5-7(10)13-6/h4-5H,3H2,1-2H3,(H,11,12). The second kappa shape index (κ2) is 3.42. The largest absolute Gasteiger partial charge is 0.480 e. The van der Waals surface area contributed by atoms with Gasteiger partial charge in [0, 0.05) is 0 Å². The number of rotatable bonds is 3.